The van der Waals surface area contributed by atoms with Crippen LogP contribution in [-0.2, 0) is 24.8 Å². The third-order valence-electron chi connectivity index (χ3n) is 6.50. The first kappa shape index (κ1) is 22.0. The van der Waals surface area contributed by atoms with Crippen molar-refractivity contribution in [3.8, 4) is 0 Å². The average Bonchev–Trinajstić information content (AvgIpc) is 3.14. The summed E-state index contributed by atoms with van der Waals surface area (Å²) in [4.78, 5) is 42.1. The maximum absolute atomic E-state index is 13.3. The lowest BCUT2D eigenvalue weighted by Gasteiger charge is -2.32. The first-order valence-electron chi connectivity index (χ1n) is 11.4. The normalized spacial score (nSPS) is 16.6. The molecule has 0 radical (unpaired) electrons. The number of fused-ring (bicyclic) bond motifs is 1. The van der Waals surface area contributed by atoms with Crippen LogP contribution >= 0.6 is 0 Å². The van der Waals surface area contributed by atoms with Crippen LogP contribution in [0.4, 0.5) is 0 Å². The summed E-state index contributed by atoms with van der Waals surface area (Å²) in [6, 6.07) is 7.59. The van der Waals surface area contributed by atoms with Crippen LogP contribution in [-0.4, -0.2) is 63.5 Å². The minimum Gasteiger partial charge on any atom is -0.356 e. The molecule has 0 bridgehead atoms. The molecule has 1 aromatic heterocycles. The molecular weight excluding hydrogens is 406 g/mol. The molecule has 8 nitrogen and oxygen atoms in total. The second-order valence-corrected chi connectivity index (χ2v) is 8.70. The number of nitrogens with zero attached hydrogens (tertiary/aromatic N) is 4. The van der Waals surface area contributed by atoms with E-state index in [1.54, 1.807) is 14.5 Å². The molecule has 2 aromatic rings. The third-order valence-corrected chi connectivity index (χ3v) is 6.50. The Hall–Kier alpha value is -3.16. The predicted molar refractivity (Wildman–Crippen MR) is 120 cm³/mol. The molecule has 0 unspecified atom stereocenters. The van der Waals surface area contributed by atoms with E-state index in [1.807, 2.05) is 45.2 Å². The van der Waals surface area contributed by atoms with Crippen molar-refractivity contribution >= 4 is 17.7 Å². The number of aromatic nitrogens is 2. The smallest absolute Gasteiger partial charge is 0.274 e. The second kappa shape index (κ2) is 9.14. The number of likely N-dealkylation sites (tertiary alicyclic amines) is 1. The Labute approximate surface area is 188 Å². The highest BCUT2D eigenvalue weighted by atomic mass is 16.2. The molecule has 4 rings (SSSR count). The molecule has 0 spiro atoms. The van der Waals surface area contributed by atoms with Gasteiger partial charge in [-0.05, 0) is 38.8 Å². The van der Waals surface area contributed by atoms with E-state index in [0.29, 0.717) is 63.2 Å². The van der Waals surface area contributed by atoms with Gasteiger partial charge in [-0.25, -0.2) is 0 Å². The molecule has 8 heteroatoms. The Morgan fingerprint density at radius 3 is 2.53 bits per heavy atom. The fourth-order valence-corrected chi connectivity index (χ4v) is 4.71. The molecule has 32 heavy (non-hydrogen) atoms. The molecule has 3 amide bonds. The molecule has 1 saturated heterocycles. The minimum absolute atomic E-state index is 0.0237. The van der Waals surface area contributed by atoms with Crippen LogP contribution in [0.1, 0.15) is 57.4 Å². The maximum Gasteiger partial charge on any atom is 0.274 e. The highest BCUT2D eigenvalue weighted by Gasteiger charge is 2.33. The Bertz CT molecular complexity index is 1040. The van der Waals surface area contributed by atoms with Gasteiger partial charge in [0.2, 0.25) is 5.91 Å². The standard InChI is InChI=1S/C24H31N5O3/c1-4-25-22(30)17-8-11-28(12-9-17)24(32)21-19-15-29(13-10-20(19)27(3)26-21)23(31)18-7-5-6-16(2)14-18/h5-7,14,17H,4,8-13,15H2,1-3H3,(H,25,30). The minimum atomic E-state index is -0.110. The lowest BCUT2D eigenvalue weighted by atomic mass is 9.95. The Balaban J connectivity index is 1.49. The molecule has 2 aliphatic heterocycles. The average molecular weight is 438 g/mol. The number of carbonyl (C=O) groups is 3. The summed E-state index contributed by atoms with van der Waals surface area (Å²) < 4.78 is 1.78. The maximum atomic E-state index is 13.3. The van der Waals surface area contributed by atoms with Crippen LogP contribution < -0.4 is 5.32 Å². The van der Waals surface area contributed by atoms with E-state index < -0.39 is 0 Å². The van der Waals surface area contributed by atoms with Gasteiger partial charge in [0.1, 0.15) is 0 Å². The zero-order valence-corrected chi connectivity index (χ0v) is 19.1. The van der Waals surface area contributed by atoms with Crippen molar-refractivity contribution in [3.05, 3.63) is 52.3 Å². The summed E-state index contributed by atoms with van der Waals surface area (Å²) >= 11 is 0. The molecule has 2 aliphatic rings. The summed E-state index contributed by atoms with van der Waals surface area (Å²) in [5.74, 6) is -0.107. The molecule has 1 N–H and O–H groups in total. The van der Waals surface area contributed by atoms with Crippen LogP contribution in [0.5, 0.6) is 0 Å². The summed E-state index contributed by atoms with van der Waals surface area (Å²) in [7, 11) is 1.86. The summed E-state index contributed by atoms with van der Waals surface area (Å²) in [6.45, 7) is 6.56. The first-order chi connectivity index (χ1) is 15.4. The summed E-state index contributed by atoms with van der Waals surface area (Å²) in [5, 5.41) is 7.41. The van der Waals surface area contributed by atoms with E-state index in [4.69, 9.17) is 0 Å². The highest BCUT2D eigenvalue weighted by molar-refractivity contribution is 5.96. The fourth-order valence-electron chi connectivity index (χ4n) is 4.71. The Morgan fingerprint density at radius 1 is 1.09 bits per heavy atom. The van der Waals surface area contributed by atoms with Gasteiger partial charge in [0.25, 0.3) is 11.8 Å². The SMILES string of the molecule is CCNC(=O)C1CCN(C(=O)c2nn(C)c3c2CN(C(=O)c2cccc(C)c2)CC3)CC1. The van der Waals surface area contributed by atoms with E-state index in [9.17, 15) is 14.4 Å². The second-order valence-electron chi connectivity index (χ2n) is 8.70. The van der Waals surface area contributed by atoms with Crippen LogP contribution in [0.2, 0.25) is 0 Å². The van der Waals surface area contributed by atoms with Gasteiger partial charge < -0.3 is 15.1 Å². The van der Waals surface area contributed by atoms with Crippen molar-refractivity contribution in [2.75, 3.05) is 26.2 Å². The number of hydrogen-bond acceptors (Lipinski definition) is 4. The molecule has 1 aromatic carbocycles. The quantitative estimate of drug-likeness (QED) is 0.792. The van der Waals surface area contributed by atoms with E-state index in [-0.39, 0.29) is 23.6 Å². The third kappa shape index (κ3) is 4.26. The number of benzene rings is 1. The van der Waals surface area contributed by atoms with Gasteiger partial charge in [-0.3, -0.25) is 19.1 Å². The van der Waals surface area contributed by atoms with Crippen molar-refractivity contribution in [2.24, 2.45) is 13.0 Å². The van der Waals surface area contributed by atoms with Crippen LogP contribution in [0.3, 0.4) is 0 Å². The molecular formula is C24H31N5O3. The van der Waals surface area contributed by atoms with E-state index >= 15 is 0 Å². The van der Waals surface area contributed by atoms with E-state index in [1.165, 1.54) is 0 Å². The predicted octanol–water partition coefficient (Wildman–Crippen LogP) is 1.92. The number of carbonyl (C=O) groups excluding carboxylic acids is 3. The Morgan fingerprint density at radius 2 is 1.84 bits per heavy atom. The molecule has 3 heterocycles. The van der Waals surface area contributed by atoms with Crippen molar-refractivity contribution in [1.29, 1.82) is 0 Å². The molecule has 1 fully saturated rings. The number of aryl methyl sites for hydroxylation is 2. The van der Waals surface area contributed by atoms with Crippen molar-refractivity contribution in [1.82, 2.24) is 24.9 Å². The zero-order chi connectivity index (χ0) is 22.8. The van der Waals surface area contributed by atoms with E-state index in [2.05, 4.69) is 10.4 Å². The fraction of sp³-hybridized carbons (Fsp3) is 0.500. The first-order valence-corrected chi connectivity index (χ1v) is 11.4. The molecule has 0 aliphatic carbocycles. The topological polar surface area (TPSA) is 87.5 Å². The largest absolute Gasteiger partial charge is 0.356 e. The molecule has 170 valence electrons. The van der Waals surface area contributed by atoms with Crippen LogP contribution in [0.15, 0.2) is 24.3 Å². The van der Waals surface area contributed by atoms with Crippen molar-refractivity contribution in [2.45, 2.75) is 39.7 Å². The van der Waals surface area contributed by atoms with Gasteiger partial charge in [-0.2, -0.15) is 5.10 Å². The van der Waals surface area contributed by atoms with Gasteiger partial charge in [-0.1, -0.05) is 17.7 Å². The van der Waals surface area contributed by atoms with Crippen LogP contribution in [0.25, 0.3) is 0 Å². The number of amides is 3. The molecule has 0 atom stereocenters. The van der Waals surface area contributed by atoms with Crippen molar-refractivity contribution < 1.29 is 14.4 Å². The lowest BCUT2D eigenvalue weighted by molar-refractivity contribution is -0.126. The number of hydrogen-bond donors (Lipinski definition) is 1. The van der Waals surface area contributed by atoms with Gasteiger partial charge in [0, 0.05) is 62.4 Å². The van der Waals surface area contributed by atoms with Gasteiger partial charge in [-0.15, -0.1) is 0 Å². The number of piperidine rings is 1. The van der Waals surface area contributed by atoms with Gasteiger partial charge in [0.15, 0.2) is 5.69 Å². The lowest BCUT2D eigenvalue weighted by Crippen LogP contribution is -2.43. The number of nitrogens with one attached hydrogen (secondary N) is 1. The van der Waals surface area contributed by atoms with Crippen LogP contribution in [0, 0.1) is 12.8 Å². The molecule has 0 saturated carbocycles. The van der Waals surface area contributed by atoms with E-state index in [0.717, 1.165) is 16.8 Å². The zero-order valence-electron chi connectivity index (χ0n) is 19.1. The number of rotatable bonds is 4. The van der Waals surface area contributed by atoms with Gasteiger partial charge >= 0.3 is 0 Å². The highest BCUT2D eigenvalue weighted by Crippen LogP contribution is 2.26. The summed E-state index contributed by atoms with van der Waals surface area (Å²) in [5.41, 5.74) is 4.00. The monoisotopic (exact) mass is 437 g/mol. The Kier molecular flexibility index (Phi) is 6.30. The summed E-state index contributed by atoms with van der Waals surface area (Å²) in [6.07, 6.45) is 1.98. The van der Waals surface area contributed by atoms with Crippen molar-refractivity contribution in [3.63, 3.8) is 0 Å². The van der Waals surface area contributed by atoms with Gasteiger partial charge in [0.05, 0.1) is 6.54 Å².